The van der Waals surface area contributed by atoms with Crippen molar-refractivity contribution in [2.45, 2.75) is 37.9 Å². The van der Waals surface area contributed by atoms with E-state index in [9.17, 15) is 9.90 Å². The number of hydrogen-bond donors (Lipinski definition) is 2. The van der Waals surface area contributed by atoms with Crippen LogP contribution >= 0.6 is 0 Å². The average Bonchev–Trinajstić information content (AvgIpc) is 2.44. The number of carbonyl (C=O) groups is 1. The van der Waals surface area contributed by atoms with Gasteiger partial charge in [-0.05, 0) is 43.5 Å². The Bertz CT molecular complexity index is 432. The smallest absolute Gasteiger partial charge is 0.250 e. The van der Waals surface area contributed by atoms with Crippen LogP contribution in [0.3, 0.4) is 0 Å². The zero-order chi connectivity index (χ0) is 14.4. The molecule has 0 unspecified atom stereocenters. The lowest BCUT2D eigenvalue weighted by Crippen LogP contribution is -2.34. The van der Waals surface area contributed by atoms with Crippen molar-refractivity contribution in [1.29, 1.82) is 0 Å². The molecule has 0 radical (unpaired) electrons. The van der Waals surface area contributed by atoms with Crippen LogP contribution in [0.4, 0.5) is 5.69 Å². The predicted molar refractivity (Wildman–Crippen MR) is 75.8 cm³/mol. The summed E-state index contributed by atoms with van der Waals surface area (Å²) in [5.74, 6) is 0.518. The molecule has 1 aromatic rings. The molecule has 0 spiro atoms. The van der Waals surface area contributed by atoms with Gasteiger partial charge in [-0.2, -0.15) is 0 Å². The van der Waals surface area contributed by atoms with E-state index in [1.165, 1.54) is 7.11 Å². The van der Waals surface area contributed by atoms with Crippen molar-refractivity contribution in [3.63, 3.8) is 0 Å². The Morgan fingerprint density at radius 1 is 1.30 bits per heavy atom. The number of anilines is 1. The van der Waals surface area contributed by atoms with E-state index >= 15 is 0 Å². The van der Waals surface area contributed by atoms with E-state index in [0.717, 1.165) is 25.7 Å². The normalized spacial score (nSPS) is 22.3. The van der Waals surface area contributed by atoms with E-state index in [2.05, 4.69) is 5.32 Å². The van der Waals surface area contributed by atoms with E-state index in [-0.39, 0.29) is 24.7 Å². The summed E-state index contributed by atoms with van der Waals surface area (Å²) in [7, 11) is 1.48. The fourth-order valence-corrected chi connectivity index (χ4v) is 2.33. The highest BCUT2D eigenvalue weighted by molar-refractivity contribution is 5.91. The molecule has 1 fully saturated rings. The van der Waals surface area contributed by atoms with Crippen LogP contribution in [0.15, 0.2) is 24.3 Å². The Hall–Kier alpha value is -1.59. The van der Waals surface area contributed by atoms with Crippen molar-refractivity contribution in [1.82, 2.24) is 0 Å². The maximum absolute atomic E-state index is 11.4. The SMILES string of the molecule is COCC(=O)Nc1ccc(O[C@@H]2CCCC[C@H]2O)cc1. The second-order valence-corrected chi connectivity index (χ2v) is 5.01. The van der Waals surface area contributed by atoms with Crippen LogP contribution < -0.4 is 10.1 Å². The fraction of sp³-hybridized carbons (Fsp3) is 0.533. The van der Waals surface area contributed by atoms with Crippen LogP contribution in [-0.2, 0) is 9.53 Å². The monoisotopic (exact) mass is 279 g/mol. The van der Waals surface area contributed by atoms with Crippen molar-refractivity contribution in [3.8, 4) is 5.75 Å². The van der Waals surface area contributed by atoms with Crippen LogP contribution in [0.1, 0.15) is 25.7 Å². The summed E-state index contributed by atoms with van der Waals surface area (Å²) in [6, 6.07) is 7.14. The molecule has 1 saturated carbocycles. The van der Waals surface area contributed by atoms with E-state index < -0.39 is 0 Å². The summed E-state index contributed by atoms with van der Waals surface area (Å²) in [6.07, 6.45) is 3.32. The number of nitrogens with one attached hydrogen (secondary N) is 1. The molecule has 5 heteroatoms. The topological polar surface area (TPSA) is 67.8 Å². The zero-order valence-corrected chi connectivity index (χ0v) is 11.7. The van der Waals surface area contributed by atoms with Gasteiger partial charge >= 0.3 is 0 Å². The van der Waals surface area contributed by atoms with Crippen LogP contribution in [-0.4, -0.2) is 36.9 Å². The largest absolute Gasteiger partial charge is 0.488 e. The predicted octanol–water partition coefficient (Wildman–Crippen LogP) is 1.95. The lowest BCUT2D eigenvalue weighted by Gasteiger charge is -2.28. The Balaban J connectivity index is 1.89. The molecule has 1 aliphatic carbocycles. The second-order valence-electron chi connectivity index (χ2n) is 5.01. The van der Waals surface area contributed by atoms with Crippen LogP contribution in [0.2, 0.25) is 0 Å². The van der Waals surface area contributed by atoms with Gasteiger partial charge in [0.05, 0.1) is 6.10 Å². The Morgan fingerprint density at radius 3 is 2.65 bits per heavy atom. The molecule has 0 bridgehead atoms. The molecule has 0 heterocycles. The summed E-state index contributed by atoms with van der Waals surface area (Å²) >= 11 is 0. The third kappa shape index (κ3) is 4.21. The average molecular weight is 279 g/mol. The van der Waals surface area contributed by atoms with Gasteiger partial charge in [0.25, 0.3) is 0 Å². The van der Waals surface area contributed by atoms with Crippen molar-refractivity contribution in [2.75, 3.05) is 19.0 Å². The number of carbonyl (C=O) groups excluding carboxylic acids is 1. The minimum Gasteiger partial charge on any atom is -0.488 e. The van der Waals surface area contributed by atoms with Gasteiger partial charge in [0.15, 0.2) is 0 Å². The Labute approximate surface area is 118 Å². The number of benzene rings is 1. The highest BCUT2D eigenvalue weighted by atomic mass is 16.5. The van der Waals surface area contributed by atoms with Gasteiger partial charge < -0.3 is 19.9 Å². The number of ether oxygens (including phenoxy) is 2. The van der Waals surface area contributed by atoms with Crippen molar-refractivity contribution >= 4 is 11.6 Å². The van der Waals surface area contributed by atoms with Gasteiger partial charge in [0.1, 0.15) is 18.5 Å². The van der Waals surface area contributed by atoms with Crippen LogP contribution in [0.25, 0.3) is 0 Å². The Morgan fingerprint density at radius 2 is 2.00 bits per heavy atom. The number of hydrogen-bond acceptors (Lipinski definition) is 4. The van der Waals surface area contributed by atoms with E-state index in [1.807, 2.05) is 0 Å². The number of rotatable bonds is 5. The number of methoxy groups -OCH3 is 1. The summed E-state index contributed by atoms with van der Waals surface area (Å²) < 4.78 is 10.5. The van der Waals surface area contributed by atoms with Gasteiger partial charge in [0.2, 0.25) is 5.91 Å². The highest BCUT2D eigenvalue weighted by Gasteiger charge is 2.24. The summed E-state index contributed by atoms with van der Waals surface area (Å²) in [6.45, 7) is 0.0342. The molecule has 5 nitrogen and oxygen atoms in total. The molecule has 2 N–H and O–H groups in total. The minimum atomic E-state index is -0.384. The first-order valence-electron chi connectivity index (χ1n) is 6.92. The zero-order valence-electron chi connectivity index (χ0n) is 11.7. The number of aliphatic hydroxyl groups is 1. The van der Waals surface area contributed by atoms with E-state index in [0.29, 0.717) is 11.4 Å². The Kier molecular flexibility index (Phi) is 5.38. The first-order valence-corrected chi connectivity index (χ1v) is 6.92. The first-order chi connectivity index (χ1) is 9.69. The van der Waals surface area contributed by atoms with Gasteiger partial charge in [0, 0.05) is 12.8 Å². The van der Waals surface area contributed by atoms with Gasteiger partial charge in [-0.15, -0.1) is 0 Å². The van der Waals surface area contributed by atoms with E-state index in [4.69, 9.17) is 9.47 Å². The third-order valence-corrected chi connectivity index (χ3v) is 3.37. The summed E-state index contributed by atoms with van der Waals surface area (Å²) in [4.78, 5) is 11.4. The molecule has 1 aromatic carbocycles. The number of amides is 1. The van der Waals surface area contributed by atoms with Crippen LogP contribution in [0.5, 0.6) is 5.75 Å². The molecule has 1 amide bonds. The van der Waals surface area contributed by atoms with Crippen molar-refractivity contribution < 1.29 is 19.4 Å². The van der Waals surface area contributed by atoms with E-state index in [1.54, 1.807) is 24.3 Å². The van der Waals surface area contributed by atoms with Gasteiger partial charge in [-0.1, -0.05) is 6.42 Å². The molecule has 0 aliphatic heterocycles. The molecule has 110 valence electrons. The highest BCUT2D eigenvalue weighted by Crippen LogP contribution is 2.24. The quantitative estimate of drug-likeness (QED) is 0.864. The van der Waals surface area contributed by atoms with Crippen molar-refractivity contribution in [2.24, 2.45) is 0 Å². The molecular weight excluding hydrogens is 258 g/mol. The molecule has 2 rings (SSSR count). The third-order valence-electron chi connectivity index (χ3n) is 3.37. The van der Waals surface area contributed by atoms with Gasteiger partial charge in [-0.3, -0.25) is 4.79 Å². The maximum atomic E-state index is 11.4. The first kappa shape index (κ1) is 14.8. The summed E-state index contributed by atoms with van der Waals surface area (Å²) in [5, 5.41) is 12.6. The molecule has 1 aliphatic rings. The maximum Gasteiger partial charge on any atom is 0.250 e. The number of aliphatic hydroxyl groups excluding tert-OH is 1. The van der Waals surface area contributed by atoms with Crippen LogP contribution in [0, 0.1) is 0 Å². The minimum absolute atomic E-state index is 0.0342. The second kappa shape index (κ2) is 7.26. The lowest BCUT2D eigenvalue weighted by molar-refractivity contribution is -0.119. The molecule has 0 saturated heterocycles. The standard InChI is InChI=1S/C15H21NO4/c1-19-10-15(18)16-11-6-8-12(9-7-11)20-14-5-3-2-4-13(14)17/h6-9,13-14,17H,2-5,10H2,1H3,(H,16,18)/t13-,14-/m1/s1. The molecule has 2 atom stereocenters. The lowest BCUT2D eigenvalue weighted by atomic mass is 9.95. The summed E-state index contributed by atoms with van der Waals surface area (Å²) in [5.41, 5.74) is 0.698. The molecule has 0 aromatic heterocycles. The fourth-order valence-electron chi connectivity index (χ4n) is 2.33. The van der Waals surface area contributed by atoms with Crippen molar-refractivity contribution in [3.05, 3.63) is 24.3 Å². The van der Waals surface area contributed by atoms with Gasteiger partial charge in [-0.25, -0.2) is 0 Å². The molecule has 20 heavy (non-hydrogen) atoms. The molecular formula is C15H21NO4.